The van der Waals surface area contributed by atoms with E-state index in [2.05, 4.69) is 15.8 Å². The van der Waals surface area contributed by atoms with Gasteiger partial charge in [0.1, 0.15) is 0 Å². The molecule has 0 amide bonds. The number of carbonyl (C=O) groups excluding carboxylic acids is 1. The molecule has 0 spiro atoms. The van der Waals surface area contributed by atoms with Crippen LogP contribution in [0, 0.1) is 0 Å². The fourth-order valence-corrected chi connectivity index (χ4v) is 5.50. The lowest BCUT2D eigenvalue weighted by Crippen LogP contribution is -2.25. The maximum Gasteiger partial charge on any atom is 0.315 e. The second-order valence-electron chi connectivity index (χ2n) is 7.34. The third-order valence-corrected chi connectivity index (χ3v) is 7.90. The van der Waals surface area contributed by atoms with E-state index in [1.165, 1.54) is 17.7 Å². The second-order valence-corrected chi connectivity index (χ2v) is 10.8. The van der Waals surface area contributed by atoms with Gasteiger partial charge in [-0.1, -0.05) is 24.1 Å². The maximum absolute atomic E-state index is 12.3. The molecule has 0 radical (unpaired) electrons. The van der Waals surface area contributed by atoms with Gasteiger partial charge in [0, 0.05) is 29.2 Å². The number of halogens is 1. The molecule has 0 aliphatic rings. The number of benzene rings is 1. The molecule has 1 unspecified atom stereocenters. The Morgan fingerprint density at radius 2 is 1.91 bits per heavy atom. The van der Waals surface area contributed by atoms with Gasteiger partial charge >= 0.3 is 5.97 Å². The number of pyridine rings is 1. The largest absolute Gasteiger partial charge is 0.465 e. The Morgan fingerprint density at radius 3 is 2.59 bits per heavy atom. The van der Waals surface area contributed by atoms with Gasteiger partial charge in [0.25, 0.3) is 0 Å². The number of carbonyl (C=O) groups is 1. The summed E-state index contributed by atoms with van der Waals surface area (Å²) in [5, 5.41) is 0.822. The van der Waals surface area contributed by atoms with E-state index in [1.54, 1.807) is 37.0 Å². The first-order valence-corrected chi connectivity index (χ1v) is 13.7. The lowest BCUT2D eigenvalue weighted by atomic mass is 10.1. The molecular weight excluding hydrogens is 468 g/mol. The highest BCUT2D eigenvalue weighted by Gasteiger charge is 2.15. The minimum Gasteiger partial charge on any atom is -0.465 e. The van der Waals surface area contributed by atoms with Gasteiger partial charge in [0.2, 0.25) is 10.0 Å². The van der Waals surface area contributed by atoms with Crippen LogP contribution in [0.1, 0.15) is 44.6 Å². The van der Waals surface area contributed by atoms with Crippen molar-refractivity contribution in [3.63, 3.8) is 0 Å². The van der Waals surface area contributed by atoms with Crippen LogP contribution in [0.5, 0.6) is 0 Å². The predicted octanol–water partition coefficient (Wildman–Crippen LogP) is 4.87. The third kappa shape index (κ3) is 10.3. The summed E-state index contributed by atoms with van der Waals surface area (Å²) >= 11 is 7.45. The normalized spacial score (nSPS) is 12.4. The molecule has 1 aromatic heterocycles. The summed E-state index contributed by atoms with van der Waals surface area (Å²) in [4.78, 5) is 16.1. The Balaban J connectivity index is 1.76. The molecule has 1 heterocycles. The first-order valence-electron chi connectivity index (χ1n) is 10.8. The molecular formula is C23H31ClN2O4S2. The number of nitrogens with one attached hydrogen (secondary N) is 1. The molecule has 0 fully saturated rings. The number of aryl methyl sites for hydroxylation is 1. The zero-order valence-corrected chi connectivity index (χ0v) is 20.7. The van der Waals surface area contributed by atoms with E-state index in [0.717, 1.165) is 38.5 Å². The average molecular weight is 499 g/mol. The lowest BCUT2D eigenvalue weighted by molar-refractivity contribution is -0.139. The molecule has 0 aliphatic carbocycles. The van der Waals surface area contributed by atoms with Gasteiger partial charge in [0.15, 0.2) is 0 Å². The minimum atomic E-state index is -3.53. The first kappa shape index (κ1) is 26.6. The highest BCUT2D eigenvalue weighted by Crippen LogP contribution is 2.23. The number of nitrogens with zero attached hydrogens (tertiary/aromatic N) is 1. The van der Waals surface area contributed by atoms with Crippen molar-refractivity contribution in [2.24, 2.45) is 0 Å². The zero-order valence-electron chi connectivity index (χ0n) is 18.3. The Hall–Kier alpha value is -1.61. The van der Waals surface area contributed by atoms with Crippen LogP contribution in [0.15, 0.2) is 53.7 Å². The van der Waals surface area contributed by atoms with Crippen LogP contribution in [-0.4, -0.2) is 43.5 Å². The van der Waals surface area contributed by atoms with E-state index in [1.807, 2.05) is 12.3 Å². The Labute approximate surface area is 200 Å². The number of aromatic nitrogens is 1. The average Bonchev–Trinajstić information content (AvgIpc) is 2.78. The number of hydrogen-bond donors (Lipinski definition) is 1. The van der Waals surface area contributed by atoms with Crippen LogP contribution >= 0.6 is 23.4 Å². The molecule has 9 heteroatoms. The molecule has 0 bridgehead atoms. The Bertz CT molecular complexity index is 909. The molecule has 1 N–H and O–H groups in total. The van der Waals surface area contributed by atoms with E-state index >= 15 is 0 Å². The molecule has 2 rings (SSSR count). The summed E-state index contributed by atoms with van der Waals surface area (Å²) in [6.45, 7) is 2.56. The van der Waals surface area contributed by atoms with Gasteiger partial charge in [-0.2, -0.15) is 0 Å². The van der Waals surface area contributed by atoms with Crippen LogP contribution in [0.3, 0.4) is 0 Å². The summed E-state index contributed by atoms with van der Waals surface area (Å²) in [7, 11) is -3.53. The summed E-state index contributed by atoms with van der Waals surface area (Å²) in [5.74, 6) is 0.152. The number of unbranched alkanes of at least 4 members (excludes halogenated alkanes) is 1. The third-order valence-electron chi connectivity index (χ3n) is 4.83. The van der Waals surface area contributed by atoms with Gasteiger partial charge < -0.3 is 4.74 Å². The number of thioether (sulfide) groups is 1. The summed E-state index contributed by atoms with van der Waals surface area (Å²) in [6, 6.07) is 10.1. The van der Waals surface area contributed by atoms with Crippen LogP contribution < -0.4 is 4.72 Å². The topological polar surface area (TPSA) is 85.4 Å². The minimum absolute atomic E-state index is 0.189. The summed E-state index contributed by atoms with van der Waals surface area (Å²) < 4.78 is 32.4. The van der Waals surface area contributed by atoms with Gasteiger partial charge in [0.05, 0.1) is 17.3 Å². The highest BCUT2D eigenvalue weighted by molar-refractivity contribution is 8.00. The zero-order chi connectivity index (χ0) is 23.2. The van der Waals surface area contributed by atoms with E-state index < -0.39 is 10.0 Å². The van der Waals surface area contributed by atoms with Crippen molar-refractivity contribution >= 4 is 39.4 Å². The Morgan fingerprint density at radius 1 is 1.16 bits per heavy atom. The fourth-order valence-electron chi connectivity index (χ4n) is 3.18. The SMILES string of the molecule is CCOC(=O)CSC(CCCCNS(=O)(=O)c1ccc(Cl)cc1)CCCc1cccnc1. The van der Waals surface area contributed by atoms with Crippen molar-refractivity contribution < 1.29 is 17.9 Å². The molecule has 0 saturated carbocycles. The van der Waals surface area contributed by atoms with Crippen molar-refractivity contribution in [2.75, 3.05) is 18.9 Å². The standard InChI is InChI=1S/C23H31ClN2O4S2/c1-2-30-23(27)18-31-21(10-5-7-19-8-6-15-25-17-19)9-3-4-16-26-32(28,29)22-13-11-20(24)12-14-22/h6,8,11-15,17,21,26H,2-5,7,9-10,16,18H2,1H3. The van der Waals surface area contributed by atoms with Gasteiger partial charge in [-0.05, 0) is 74.9 Å². The summed E-state index contributed by atoms with van der Waals surface area (Å²) in [5.41, 5.74) is 1.21. The van der Waals surface area contributed by atoms with Crippen molar-refractivity contribution in [3.8, 4) is 0 Å². The van der Waals surface area contributed by atoms with Crippen LogP contribution in [0.25, 0.3) is 0 Å². The van der Waals surface area contributed by atoms with E-state index in [-0.39, 0.29) is 10.9 Å². The van der Waals surface area contributed by atoms with Crippen LogP contribution in [0.4, 0.5) is 0 Å². The van der Waals surface area contributed by atoms with Crippen molar-refractivity contribution in [1.29, 1.82) is 0 Å². The number of sulfonamides is 1. The highest BCUT2D eigenvalue weighted by atomic mass is 35.5. The Kier molecular flexibility index (Phi) is 12.1. The number of ether oxygens (including phenoxy) is 1. The first-order chi connectivity index (χ1) is 15.4. The van der Waals surface area contributed by atoms with Gasteiger partial charge in [-0.25, -0.2) is 13.1 Å². The van der Waals surface area contributed by atoms with Crippen molar-refractivity contribution in [1.82, 2.24) is 9.71 Å². The molecule has 2 aromatic rings. The summed E-state index contributed by atoms with van der Waals surface area (Å²) in [6.07, 6.45) is 9.11. The molecule has 176 valence electrons. The van der Waals surface area contributed by atoms with E-state index in [0.29, 0.717) is 29.2 Å². The molecule has 1 aromatic carbocycles. The number of rotatable bonds is 15. The van der Waals surface area contributed by atoms with Crippen LogP contribution in [0.2, 0.25) is 5.02 Å². The van der Waals surface area contributed by atoms with Gasteiger partial charge in [-0.15, -0.1) is 11.8 Å². The van der Waals surface area contributed by atoms with Crippen molar-refractivity contribution in [3.05, 3.63) is 59.4 Å². The molecule has 32 heavy (non-hydrogen) atoms. The molecule has 0 aliphatic heterocycles. The maximum atomic E-state index is 12.3. The number of esters is 1. The lowest BCUT2D eigenvalue weighted by Gasteiger charge is -2.16. The van der Waals surface area contributed by atoms with Crippen LogP contribution in [-0.2, 0) is 26.0 Å². The van der Waals surface area contributed by atoms with Gasteiger partial charge in [-0.3, -0.25) is 9.78 Å². The van der Waals surface area contributed by atoms with Crippen molar-refractivity contribution in [2.45, 2.75) is 55.6 Å². The van der Waals surface area contributed by atoms with E-state index in [9.17, 15) is 13.2 Å². The quantitative estimate of drug-likeness (QED) is 0.278. The molecule has 6 nitrogen and oxygen atoms in total. The number of hydrogen-bond acceptors (Lipinski definition) is 6. The second kappa shape index (κ2) is 14.5. The molecule has 0 saturated heterocycles. The monoisotopic (exact) mass is 498 g/mol. The fraction of sp³-hybridized carbons (Fsp3) is 0.478. The smallest absolute Gasteiger partial charge is 0.315 e. The predicted molar refractivity (Wildman–Crippen MR) is 131 cm³/mol. The van der Waals surface area contributed by atoms with E-state index in [4.69, 9.17) is 16.3 Å². The molecule has 1 atom stereocenters.